The molecule has 0 unspecified atom stereocenters. The molecule has 0 aliphatic carbocycles. The second kappa shape index (κ2) is 12.4. The van der Waals surface area contributed by atoms with Gasteiger partial charge in [-0.2, -0.15) is 0 Å². The second-order valence-corrected chi connectivity index (χ2v) is 9.13. The molecular weight excluding hydrogens is 478 g/mol. The highest BCUT2D eigenvalue weighted by Gasteiger charge is 2.26. The van der Waals surface area contributed by atoms with Gasteiger partial charge in [0.05, 0.1) is 6.54 Å². The summed E-state index contributed by atoms with van der Waals surface area (Å²) in [6, 6.07) is 10.8. The number of carbonyl (C=O) groups is 3. The summed E-state index contributed by atoms with van der Waals surface area (Å²) in [5, 5.41) is 4.55. The van der Waals surface area contributed by atoms with Crippen molar-refractivity contribution in [1.29, 1.82) is 0 Å². The number of fused-ring (bicyclic) bond motifs is 1. The number of amides is 2. The van der Waals surface area contributed by atoms with Crippen molar-refractivity contribution in [3.63, 3.8) is 0 Å². The molecular formula is C28H32F2N4O3. The highest BCUT2D eigenvalue weighted by atomic mass is 19.2. The standard InChI is InChI=1S/C27H28F2N4O3.CH4/c28-23-7-5-17(13-24(23)29)11-20(14-21(34)16-33-10-2-1-3-25(33)35)27(36)32-15-18-4-6-22-19(12-18)8-9-31-26(22)30;/h4-9,12-13,20H,1-3,10-11,14-16H2,(H2,30,31)(H,32,36);1H4/t20-;/m1./s1. The van der Waals surface area contributed by atoms with E-state index in [2.05, 4.69) is 10.3 Å². The number of rotatable bonds is 9. The fourth-order valence-electron chi connectivity index (χ4n) is 4.48. The van der Waals surface area contributed by atoms with Crippen LogP contribution in [0.25, 0.3) is 10.8 Å². The van der Waals surface area contributed by atoms with Crippen LogP contribution in [0.15, 0.2) is 48.7 Å². The van der Waals surface area contributed by atoms with Crippen molar-refractivity contribution in [3.8, 4) is 0 Å². The van der Waals surface area contributed by atoms with E-state index in [1.165, 1.54) is 11.0 Å². The molecule has 1 aliphatic heterocycles. The van der Waals surface area contributed by atoms with Crippen LogP contribution in [0.1, 0.15) is 44.2 Å². The lowest BCUT2D eigenvalue weighted by Crippen LogP contribution is -2.40. The molecule has 1 aliphatic rings. The van der Waals surface area contributed by atoms with Crippen LogP contribution in [0.2, 0.25) is 0 Å². The lowest BCUT2D eigenvalue weighted by Gasteiger charge is -2.26. The summed E-state index contributed by atoms with van der Waals surface area (Å²) in [7, 11) is 0. The number of likely N-dealkylation sites (tertiary alicyclic amines) is 1. The number of nitrogens with two attached hydrogens (primary N) is 1. The first kappa shape index (κ1) is 27.7. The molecule has 1 aromatic heterocycles. The number of nitrogens with one attached hydrogen (secondary N) is 1. The predicted molar refractivity (Wildman–Crippen MR) is 138 cm³/mol. The monoisotopic (exact) mass is 510 g/mol. The number of ketones is 1. The van der Waals surface area contributed by atoms with E-state index in [-0.39, 0.29) is 51.0 Å². The van der Waals surface area contributed by atoms with Crippen molar-refractivity contribution in [2.75, 3.05) is 18.8 Å². The number of nitrogens with zero attached hydrogens (tertiary/aromatic N) is 2. The highest BCUT2D eigenvalue weighted by Crippen LogP contribution is 2.21. The Bertz CT molecular complexity index is 1300. The van der Waals surface area contributed by atoms with Gasteiger partial charge in [0.15, 0.2) is 17.4 Å². The first-order valence-electron chi connectivity index (χ1n) is 11.9. The molecule has 0 bridgehead atoms. The van der Waals surface area contributed by atoms with Crippen LogP contribution >= 0.6 is 0 Å². The normalized spacial score (nSPS) is 14.2. The van der Waals surface area contributed by atoms with E-state index < -0.39 is 17.6 Å². The van der Waals surface area contributed by atoms with Crippen LogP contribution < -0.4 is 11.1 Å². The van der Waals surface area contributed by atoms with Crippen molar-refractivity contribution >= 4 is 34.2 Å². The zero-order valence-corrected chi connectivity index (χ0v) is 19.8. The Morgan fingerprint density at radius 3 is 2.59 bits per heavy atom. The summed E-state index contributed by atoms with van der Waals surface area (Å²) in [6.07, 6.45) is 3.61. The maximum atomic E-state index is 13.8. The van der Waals surface area contributed by atoms with E-state index in [0.717, 1.165) is 41.3 Å². The Morgan fingerprint density at radius 2 is 1.84 bits per heavy atom. The average Bonchev–Trinajstić information content (AvgIpc) is 2.86. The van der Waals surface area contributed by atoms with Gasteiger partial charge in [0.2, 0.25) is 11.8 Å². The van der Waals surface area contributed by atoms with Gasteiger partial charge in [-0.05, 0) is 60.0 Å². The molecule has 1 atom stereocenters. The number of hydrogen-bond donors (Lipinski definition) is 2. The lowest BCUT2D eigenvalue weighted by molar-refractivity contribution is -0.138. The summed E-state index contributed by atoms with van der Waals surface area (Å²) in [5.41, 5.74) is 7.13. The zero-order valence-electron chi connectivity index (χ0n) is 19.8. The Kier molecular flexibility index (Phi) is 9.27. The molecule has 196 valence electrons. The van der Waals surface area contributed by atoms with E-state index in [1.54, 1.807) is 6.20 Å². The third-order valence-corrected chi connectivity index (χ3v) is 6.43. The Hall–Kier alpha value is -3.88. The second-order valence-electron chi connectivity index (χ2n) is 9.13. The average molecular weight is 511 g/mol. The van der Waals surface area contributed by atoms with Crippen molar-refractivity contribution in [2.45, 2.75) is 46.1 Å². The number of benzene rings is 2. The first-order valence-corrected chi connectivity index (χ1v) is 11.9. The predicted octanol–water partition coefficient (Wildman–Crippen LogP) is 4.18. The molecule has 37 heavy (non-hydrogen) atoms. The first-order chi connectivity index (χ1) is 17.3. The number of nitrogen functional groups attached to an aromatic ring is 1. The van der Waals surface area contributed by atoms with Gasteiger partial charge in [-0.25, -0.2) is 13.8 Å². The summed E-state index contributed by atoms with van der Waals surface area (Å²) in [6.45, 7) is 0.678. The Balaban J connectivity index is 0.00000380. The maximum absolute atomic E-state index is 13.8. The van der Waals surface area contributed by atoms with Gasteiger partial charge in [-0.3, -0.25) is 14.4 Å². The van der Waals surface area contributed by atoms with E-state index in [9.17, 15) is 23.2 Å². The molecule has 2 aromatic carbocycles. The van der Waals surface area contributed by atoms with Gasteiger partial charge in [-0.1, -0.05) is 25.6 Å². The van der Waals surface area contributed by atoms with E-state index in [1.807, 2.05) is 24.3 Å². The molecule has 0 spiro atoms. The van der Waals surface area contributed by atoms with E-state index in [4.69, 9.17) is 5.73 Å². The van der Waals surface area contributed by atoms with Gasteiger partial charge in [0.1, 0.15) is 5.82 Å². The summed E-state index contributed by atoms with van der Waals surface area (Å²) < 4.78 is 27.2. The minimum Gasteiger partial charge on any atom is -0.383 e. The van der Waals surface area contributed by atoms with Gasteiger partial charge in [0.25, 0.3) is 0 Å². The van der Waals surface area contributed by atoms with Crippen LogP contribution in [-0.2, 0) is 27.3 Å². The van der Waals surface area contributed by atoms with E-state index in [0.29, 0.717) is 24.3 Å². The fourth-order valence-corrected chi connectivity index (χ4v) is 4.48. The molecule has 9 heteroatoms. The maximum Gasteiger partial charge on any atom is 0.224 e. The quantitative estimate of drug-likeness (QED) is 0.449. The number of pyridine rings is 1. The zero-order chi connectivity index (χ0) is 25.7. The molecule has 1 fully saturated rings. The van der Waals surface area contributed by atoms with Gasteiger partial charge >= 0.3 is 0 Å². The molecule has 2 heterocycles. The molecule has 3 aromatic rings. The Labute approximate surface area is 215 Å². The number of carbonyl (C=O) groups excluding carboxylic acids is 3. The molecule has 0 saturated carbocycles. The highest BCUT2D eigenvalue weighted by molar-refractivity contribution is 5.92. The number of hydrogen-bond acceptors (Lipinski definition) is 5. The number of Topliss-reactive ketones (excluding diaryl/α,β-unsaturated/α-hetero) is 1. The largest absolute Gasteiger partial charge is 0.383 e. The van der Waals surface area contributed by atoms with Crippen LogP contribution in [-0.4, -0.2) is 40.6 Å². The van der Waals surface area contributed by atoms with Crippen LogP contribution in [0, 0.1) is 17.6 Å². The van der Waals surface area contributed by atoms with Crippen LogP contribution in [0.5, 0.6) is 0 Å². The van der Waals surface area contributed by atoms with Crippen LogP contribution in [0.4, 0.5) is 14.6 Å². The molecule has 7 nitrogen and oxygen atoms in total. The summed E-state index contributed by atoms with van der Waals surface area (Å²) in [4.78, 5) is 43.6. The molecule has 3 N–H and O–H groups in total. The number of halogens is 2. The molecule has 1 saturated heterocycles. The third-order valence-electron chi connectivity index (χ3n) is 6.43. The SMILES string of the molecule is C.Nc1nccc2cc(CNC(=O)[C@@H](CC(=O)CN3CCCCC3=O)Cc3ccc(F)c(F)c3)ccc12. The van der Waals surface area contributed by atoms with E-state index >= 15 is 0 Å². The molecule has 0 radical (unpaired) electrons. The number of anilines is 1. The molecule has 2 amide bonds. The minimum atomic E-state index is -1.01. The van der Waals surface area contributed by atoms with Crippen LogP contribution in [0.3, 0.4) is 0 Å². The number of aromatic nitrogens is 1. The summed E-state index contributed by atoms with van der Waals surface area (Å²) >= 11 is 0. The Morgan fingerprint density at radius 1 is 1.05 bits per heavy atom. The topological polar surface area (TPSA) is 105 Å². The summed E-state index contributed by atoms with van der Waals surface area (Å²) in [5.74, 6) is -3.08. The number of piperidine rings is 1. The lowest BCUT2D eigenvalue weighted by atomic mass is 9.92. The van der Waals surface area contributed by atoms with Crippen molar-refractivity contribution in [2.24, 2.45) is 5.92 Å². The smallest absolute Gasteiger partial charge is 0.224 e. The van der Waals surface area contributed by atoms with Crippen molar-refractivity contribution in [3.05, 3.63) is 71.4 Å². The fraction of sp³-hybridized carbons (Fsp3) is 0.357. The van der Waals surface area contributed by atoms with Gasteiger partial charge in [-0.15, -0.1) is 0 Å². The third kappa shape index (κ3) is 7.09. The minimum absolute atomic E-state index is 0. The van der Waals surface area contributed by atoms with Crippen molar-refractivity contribution in [1.82, 2.24) is 15.2 Å². The van der Waals surface area contributed by atoms with Crippen molar-refractivity contribution < 1.29 is 23.2 Å². The molecule has 4 rings (SSSR count). The van der Waals surface area contributed by atoms with Gasteiger partial charge in [0, 0.05) is 43.4 Å². The van der Waals surface area contributed by atoms with Gasteiger partial charge < -0.3 is 16.0 Å².